The van der Waals surface area contributed by atoms with E-state index >= 15 is 0 Å². The summed E-state index contributed by atoms with van der Waals surface area (Å²) in [6.45, 7) is 18.0. The molecule has 5 rings (SSSR count). The van der Waals surface area contributed by atoms with Gasteiger partial charge in [0, 0.05) is 24.3 Å². The Balaban J connectivity index is 1.45. The van der Waals surface area contributed by atoms with Gasteiger partial charge in [0.25, 0.3) is 0 Å². The number of aliphatic carboxylic acids is 1. The molecule has 4 aliphatic carbocycles. The number of nitrogens with one attached hydrogen (secondary N) is 1. The molecule has 0 aromatic rings. The Hall–Kier alpha value is -2.02. The Morgan fingerprint density at radius 1 is 1.04 bits per heavy atom. The molecule has 1 unspecified atom stereocenters. The molecule has 12 atom stereocenters. The van der Waals surface area contributed by atoms with Crippen LogP contribution in [0.4, 0.5) is 0 Å². The minimum absolute atomic E-state index is 0.0993. The summed E-state index contributed by atoms with van der Waals surface area (Å²) in [5.41, 5.74) is 5.49. The Bertz CT molecular complexity index is 1510. The summed E-state index contributed by atoms with van der Waals surface area (Å²) in [7, 11) is -3.29. The number of hydrogen-bond donors (Lipinski definition) is 3. The van der Waals surface area contributed by atoms with E-state index in [1.807, 2.05) is 0 Å². The Morgan fingerprint density at radius 2 is 1.73 bits per heavy atom. The SMILES string of the molecule is CC(=O)O[C@@H]1C[C@@]23COC[C@](C)([C@@H]2CC[C@H]2C3=CC[C@@]3(C)[C@H](C(=O)O)[C@@](C)([C@H](C)C(C)C)CC[C@]23C)[C@H]1OC(=O)C(N)CCCCNS(C)(=O)=O. The average molecular weight is 737 g/mol. The number of carboxylic acid groups (broad SMARTS) is 1. The first kappa shape index (κ1) is 40.2. The standard InChI is InChI=1S/C39H64N2O9S/c1-23(2)24(3)35(5)17-18-37(7)26-13-14-30-36(6)21-48-22-39(30,27(26)15-16-38(37,8)31(35)33(43)44)20-29(49-25(4)42)32(36)50-34(45)28(40)12-10-11-19-41-51(9,46)47/h15,23-24,26,28-32,41H,10-14,16-22,40H2,1-9H3,(H,43,44)/t24-,26+,28?,29-,30+,31-,32+,35-,36-,37-,38+,39+/m1/s1. The van der Waals surface area contributed by atoms with Gasteiger partial charge < -0.3 is 25.1 Å². The molecule has 290 valence electrons. The van der Waals surface area contributed by atoms with Gasteiger partial charge in [-0.05, 0) is 91.3 Å². The molecule has 4 N–H and O–H groups in total. The Morgan fingerprint density at radius 3 is 2.33 bits per heavy atom. The molecule has 0 spiro atoms. The lowest BCUT2D eigenvalue weighted by molar-refractivity contribution is -0.263. The fraction of sp³-hybridized carbons (Fsp3) is 0.872. The minimum Gasteiger partial charge on any atom is -0.481 e. The number of nitrogens with two attached hydrogens (primary N) is 1. The fourth-order valence-corrected chi connectivity index (χ4v) is 12.7. The van der Waals surface area contributed by atoms with E-state index in [-0.39, 0.29) is 35.1 Å². The zero-order chi connectivity index (χ0) is 37.9. The van der Waals surface area contributed by atoms with Crippen LogP contribution in [-0.2, 0) is 38.6 Å². The van der Waals surface area contributed by atoms with Crippen LogP contribution in [-0.4, -0.2) is 75.7 Å². The Labute approximate surface area is 305 Å². The molecule has 0 aromatic carbocycles. The number of hydrogen-bond acceptors (Lipinski definition) is 9. The first-order valence-electron chi connectivity index (χ1n) is 19.2. The maximum absolute atomic E-state index is 13.5. The van der Waals surface area contributed by atoms with Crippen molar-refractivity contribution < 1.29 is 42.1 Å². The normalized spacial score (nSPS) is 41.6. The van der Waals surface area contributed by atoms with Gasteiger partial charge in [0.05, 0.1) is 25.4 Å². The van der Waals surface area contributed by atoms with Gasteiger partial charge in [-0.1, -0.05) is 66.5 Å². The summed E-state index contributed by atoms with van der Waals surface area (Å²) in [4.78, 5) is 39.5. The van der Waals surface area contributed by atoms with Crippen molar-refractivity contribution in [2.45, 2.75) is 131 Å². The number of rotatable bonds is 12. The van der Waals surface area contributed by atoms with Crippen molar-refractivity contribution in [1.82, 2.24) is 4.72 Å². The number of ether oxygens (including phenoxy) is 3. The smallest absolute Gasteiger partial charge is 0.323 e. The van der Waals surface area contributed by atoms with Crippen LogP contribution < -0.4 is 10.5 Å². The molecular formula is C39H64N2O9S. The number of allylic oxidation sites excluding steroid dienone is 1. The summed E-state index contributed by atoms with van der Waals surface area (Å²) in [5.74, 6) is -1.33. The van der Waals surface area contributed by atoms with Crippen molar-refractivity contribution in [3.8, 4) is 0 Å². The number of carbonyl (C=O) groups is 3. The van der Waals surface area contributed by atoms with Gasteiger partial charge in [-0.3, -0.25) is 14.4 Å². The van der Waals surface area contributed by atoms with Crippen LogP contribution >= 0.6 is 0 Å². The maximum Gasteiger partial charge on any atom is 0.323 e. The van der Waals surface area contributed by atoms with Crippen molar-refractivity contribution in [1.29, 1.82) is 0 Å². The largest absolute Gasteiger partial charge is 0.481 e. The first-order chi connectivity index (χ1) is 23.6. The van der Waals surface area contributed by atoms with E-state index < -0.39 is 68.3 Å². The summed E-state index contributed by atoms with van der Waals surface area (Å²) in [5, 5.41) is 11.0. The summed E-state index contributed by atoms with van der Waals surface area (Å²) in [6, 6.07) is -0.909. The van der Waals surface area contributed by atoms with E-state index in [0.29, 0.717) is 51.2 Å². The molecular weight excluding hydrogens is 673 g/mol. The van der Waals surface area contributed by atoms with Crippen LogP contribution in [0.15, 0.2) is 11.6 Å². The zero-order valence-electron chi connectivity index (χ0n) is 32.4. The van der Waals surface area contributed by atoms with Crippen molar-refractivity contribution in [3.63, 3.8) is 0 Å². The van der Waals surface area contributed by atoms with Crippen LogP contribution in [0.3, 0.4) is 0 Å². The molecule has 0 amide bonds. The van der Waals surface area contributed by atoms with E-state index in [1.165, 1.54) is 12.5 Å². The molecule has 51 heavy (non-hydrogen) atoms. The molecule has 2 bridgehead atoms. The van der Waals surface area contributed by atoms with Gasteiger partial charge in [0.2, 0.25) is 10.0 Å². The van der Waals surface area contributed by atoms with Crippen molar-refractivity contribution in [3.05, 3.63) is 11.6 Å². The van der Waals surface area contributed by atoms with Gasteiger partial charge in [-0.2, -0.15) is 0 Å². The number of unbranched alkanes of at least 4 members (excludes halogenated alkanes) is 1. The summed E-state index contributed by atoms with van der Waals surface area (Å²) >= 11 is 0. The number of carboxylic acids is 1. The lowest BCUT2D eigenvalue weighted by Crippen LogP contribution is -2.70. The zero-order valence-corrected chi connectivity index (χ0v) is 33.2. The number of carbonyl (C=O) groups excluding carboxylic acids is 2. The number of esters is 2. The second kappa shape index (κ2) is 14.0. The monoisotopic (exact) mass is 736 g/mol. The predicted molar refractivity (Wildman–Crippen MR) is 194 cm³/mol. The highest BCUT2D eigenvalue weighted by atomic mass is 32.2. The highest BCUT2D eigenvalue weighted by molar-refractivity contribution is 7.88. The third kappa shape index (κ3) is 6.71. The molecule has 0 radical (unpaired) electrons. The lowest BCUT2D eigenvalue weighted by atomic mass is 9.34. The van der Waals surface area contributed by atoms with E-state index in [1.54, 1.807) is 0 Å². The van der Waals surface area contributed by atoms with E-state index in [2.05, 4.69) is 59.3 Å². The molecule has 1 saturated heterocycles. The molecule has 0 aromatic heterocycles. The second-order valence-corrected chi connectivity index (χ2v) is 20.2. The number of fused-ring (bicyclic) bond motifs is 3. The van der Waals surface area contributed by atoms with Crippen LogP contribution in [0.25, 0.3) is 0 Å². The van der Waals surface area contributed by atoms with Crippen molar-refractivity contribution in [2.24, 2.45) is 62.4 Å². The molecule has 1 heterocycles. The third-order valence-corrected chi connectivity index (χ3v) is 16.0. The number of sulfonamides is 1. The third-order valence-electron chi connectivity index (χ3n) is 15.2. The van der Waals surface area contributed by atoms with Crippen LogP contribution in [0.1, 0.15) is 113 Å². The highest BCUT2D eigenvalue weighted by Crippen LogP contribution is 2.75. The fourth-order valence-electron chi connectivity index (χ4n) is 12.2. The van der Waals surface area contributed by atoms with E-state index in [0.717, 1.165) is 31.9 Å². The van der Waals surface area contributed by atoms with Gasteiger partial charge in [-0.25, -0.2) is 13.1 Å². The average Bonchev–Trinajstić information content (AvgIpc) is 3.01. The first-order valence-corrected chi connectivity index (χ1v) is 21.1. The van der Waals surface area contributed by atoms with Crippen molar-refractivity contribution >= 4 is 27.9 Å². The van der Waals surface area contributed by atoms with Gasteiger partial charge >= 0.3 is 17.9 Å². The molecule has 11 nitrogen and oxygen atoms in total. The minimum atomic E-state index is -3.29. The topological polar surface area (TPSA) is 171 Å². The molecule has 5 aliphatic rings. The van der Waals surface area contributed by atoms with Crippen LogP contribution in [0, 0.1) is 56.7 Å². The molecule has 3 saturated carbocycles. The van der Waals surface area contributed by atoms with Gasteiger partial charge in [-0.15, -0.1) is 0 Å². The molecule has 1 aliphatic heterocycles. The predicted octanol–water partition coefficient (Wildman–Crippen LogP) is 5.47. The maximum atomic E-state index is 13.5. The molecule has 12 heteroatoms. The second-order valence-electron chi connectivity index (χ2n) is 18.3. The summed E-state index contributed by atoms with van der Waals surface area (Å²) in [6.07, 6.45) is 8.07. The van der Waals surface area contributed by atoms with Gasteiger partial charge in [0.1, 0.15) is 18.2 Å². The van der Waals surface area contributed by atoms with Crippen molar-refractivity contribution in [2.75, 3.05) is 26.0 Å². The summed E-state index contributed by atoms with van der Waals surface area (Å²) < 4.78 is 44.0. The van der Waals surface area contributed by atoms with Crippen LogP contribution in [0.2, 0.25) is 0 Å². The van der Waals surface area contributed by atoms with Crippen LogP contribution in [0.5, 0.6) is 0 Å². The van der Waals surface area contributed by atoms with Gasteiger partial charge in [0.15, 0.2) is 0 Å². The lowest BCUT2D eigenvalue weighted by Gasteiger charge is -2.71. The Kier molecular flexibility index (Phi) is 11.0. The molecule has 4 fully saturated rings. The highest BCUT2D eigenvalue weighted by Gasteiger charge is 2.72. The quantitative estimate of drug-likeness (QED) is 0.133. The van der Waals surface area contributed by atoms with E-state index in [4.69, 9.17) is 19.9 Å². The van der Waals surface area contributed by atoms with E-state index in [9.17, 15) is 27.9 Å².